The lowest BCUT2D eigenvalue weighted by atomic mass is 9.92. The molecule has 1 atom stereocenters. The first kappa shape index (κ1) is 18.7. The van der Waals surface area contributed by atoms with E-state index in [1.54, 1.807) is 45.6 Å². The lowest BCUT2D eigenvalue weighted by Crippen LogP contribution is -2.35. The Hall–Kier alpha value is -3.06. The van der Waals surface area contributed by atoms with Gasteiger partial charge < -0.3 is 23.7 Å². The van der Waals surface area contributed by atoms with Crippen molar-refractivity contribution in [3.8, 4) is 23.0 Å². The molecule has 1 aliphatic rings. The second kappa shape index (κ2) is 7.67. The fraction of sp³-hybridized carbons (Fsp3) is 0.300. The Bertz CT molecular complexity index is 906. The van der Waals surface area contributed by atoms with Crippen LogP contribution in [0.2, 0.25) is 0 Å². The first-order chi connectivity index (χ1) is 13.1. The minimum Gasteiger partial charge on any atom is -0.497 e. The van der Waals surface area contributed by atoms with Crippen LogP contribution >= 0.6 is 0 Å². The second-order valence-corrected chi connectivity index (χ2v) is 5.77. The molecule has 1 aliphatic heterocycles. The third-order valence-corrected chi connectivity index (χ3v) is 4.40. The van der Waals surface area contributed by atoms with Crippen molar-refractivity contribution in [1.82, 2.24) is 0 Å². The van der Waals surface area contributed by atoms with Gasteiger partial charge in [0.25, 0.3) is 0 Å². The highest BCUT2D eigenvalue weighted by atomic mass is 16.5. The summed E-state index contributed by atoms with van der Waals surface area (Å²) in [4.78, 5) is 17.8. The highest BCUT2D eigenvalue weighted by Crippen LogP contribution is 2.39. The standard InChI is InChI=1S/C20H21NO6/c1-23-12-9-13-17(16(10-12)26-4)19(22)20(27-5)18(21-13)11-6-7-14(24-2)15(8-11)25-3/h6-10,20H,1-5H3. The van der Waals surface area contributed by atoms with Crippen LogP contribution in [0, 0.1) is 0 Å². The highest BCUT2D eigenvalue weighted by Gasteiger charge is 2.35. The number of aliphatic imine (C=N–C) groups is 1. The van der Waals surface area contributed by atoms with Gasteiger partial charge in [-0.3, -0.25) is 4.79 Å². The molecule has 142 valence electrons. The summed E-state index contributed by atoms with van der Waals surface area (Å²) in [6.45, 7) is 0. The Kier molecular flexibility index (Phi) is 5.32. The molecule has 0 radical (unpaired) electrons. The fourth-order valence-corrected chi connectivity index (χ4v) is 3.06. The van der Waals surface area contributed by atoms with E-state index in [2.05, 4.69) is 4.99 Å². The lowest BCUT2D eigenvalue weighted by molar-refractivity contribution is 0.0751. The Morgan fingerprint density at radius 3 is 2.11 bits per heavy atom. The van der Waals surface area contributed by atoms with Gasteiger partial charge in [-0.1, -0.05) is 0 Å². The van der Waals surface area contributed by atoms with Crippen molar-refractivity contribution >= 4 is 17.2 Å². The lowest BCUT2D eigenvalue weighted by Gasteiger charge is -2.25. The van der Waals surface area contributed by atoms with E-state index in [0.29, 0.717) is 45.5 Å². The molecule has 3 rings (SSSR count). The SMILES string of the molecule is COc1cc2c(c(OC)c1)C(=O)C(OC)C(c1ccc(OC)c(OC)c1)=N2. The van der Waals surface area contributed by atoms with Crippen LogP contribution in [0.3, 0.4) is 0 Å². The smallest absolute Gasteiger partial charge is 0.203 e. The largest absolute Gasteiger partial charge is 0.497 e. The molecule has 7 nitrogen and oxygen atoms in total. The van der Waals surface area contributed by atoms with E-state index in [1.165, 1.54) is 14.2 Å². The number of ether oxygens (including phenoxy) is 5. The van der Waals surface area contributed by atoms with Gasteiger partial charge in [-0.15, -0.1) is 0 Å². The number of ketones is 1. The highest BCUT2D eigenvalue weighted by molar-refractivity contribution is 6.26. The zero-order chi connectivity index (χ0) is 19.6. The van der Waals surface area contributed by atoms with E-state index in [0.717, 1.165) is 0 Å². The number of nitrogens with zero attached hydrogens (tertiary/aromatic N) is 1. The molecular formula is C20H21NO6. The number of Topliss-reactive ketones (excluding diaryl/α,β-unsaturated/α-hetero) is 1. The number of hydrogen-bond acceptors (Lipinski definition) is 7. The van der Waals surface area contributed by atoms with Crippen molar-refractivity contribution in [3.05, 3.63) is 41.5 Å². The third kappa shape index (κ3) is 3.21. The summed E-state index contributed by atoms with van der Waals surface area (Å²) in [5.74, 6) is 1.83. The van der Waals surface area contributed by atoms with Crippen molar-refractivity contribution in [3.63, 3.8) is 0 Å². The van der Waals surface area contributed by atoms with Gasteiger partial charge in [0.15, 0.2) is 17.6 Å². The third-order valence-electron chi connectivity index (χ3n) is 4.40. The van der Waals surface area contributed by atoms with E-state index in [4.69, 9.17) is 23.7 Å². The second-order valence-electron chi connectivity index (χ2n) is 5.77. The van der Waals surface area contributed by atoms with Crippen molar-refractivity contribution in [1.29, 1.82) is 0 Å². The van der Waals surface area contributed by atoms with Crippen LogP contribution in [-0.4, -0.2) is 53.1 Å². The quantitative estimate of drug-likeness (QED) is 0.777. The van der Waals surface area contributed by atoms with Gasteiger partial charge in [0.1, 0.15) is 11.5 Å². The molecule has 0 saturated heterocycles. The van der Waals surface area contributed by atoms with Crippen LogP contribution in [0.25, 0.3) is 0 Å². The molecule has 0 saturated carbocycles. The van der Waals surface area contributed by atoms with Crippen LogP contribution in [0.15, 0.2) is 35.3 Å². The van der Waals surface area contributed by atoms with Crippen LogP contribution < -0.4 is 18.9 Å². The molecule has 0 spiro atoms. The zero-order valence-corrected chi connectivity index (χ0v) is 15.9. The van der Waals surface area contributed by atoms with Crippen molar-refractivity contribution < 1.29 is 28.5 Å². The summed E-state index contributed by atoms with van der Waals surface area (Å²) >= 11 is 0. The summed E-state index contributed by atoms with van der Waals surface area (Å²) in [6.07, 6.45) is -0.863. The molecule has 0 N–H and O–H groups in total. The maximum absolute atomic E-state index is 13.1. The average molecular weight is 371 g/mol. The Labute approximate surface area is 157 Å². The number of rotatable bonds is 6. The summed E-state index contributed by atoms with van der Waals surface area (Å²) in [5.41, 5.74) is 2.01. The topological polar surface area (TPSA) is 75.6 Å². The van der Waals surface area contributed by atoms with Gasteiger partial charge in [-0.05, 0) is 18.2 Å². The van der Waals surface area contributed by atoms with Crippen LogP contribution in [0.5, 0.6) is 23.0 Å². The van der Waals surface area contributed by atoms with E-state index in [-0.39, 0.29) is 5.78 Å². The van der Waals surface area contributed by atoms with Crippen molar-refractivity contribution in [2.45, 2.75) is 6.10 Å². The first-order valence-electron chi connectivity index (χ1n) is 8.21. The molecule has 27 heavy (non-hydrogen) atoms. The van der Waals surface area contributed by atoms with E-state index in [1.807, 2.05) is 6.07 Å². The van der Waals surface area contributed by atoms with E-state index < -0.39 is 6.10 Å². The van der Waals surface area contributed by atoms with Gasteiger partial charge in [-0.25, -0.2) is 4.99 Å². The van der Waals surface area contributed by atoms with Gasteiger partial charge in [0, 0.05) is 24.8 Å². The normalized spacial score (nSPS) is 15.7. The number of hydrogen-bond donors (Lipinski definition) is 0. The molecular weight excluding hydrogens is 350 g/mol. The Morgan fingerprint density at radius 1 is 0.815 bits per heavy atom. The fourth-order valence-electron chi connectivity index (χ4n) is 3.06. The molecule has 0 aromatic heterocycles. The predicted octanol–water partition coefficient (Wildman–Crippen LogP) is 3.05. The molecule has 0 aliphatic carbocycles. The molecule has 0 fully saturated rings. The van der Waals surface area contributed by atoms with Crippen molar-refractivity contribution in [2.24, 2.45) is 4.99 Å². The van der Waals surface area contributed by atoms with E-state index >= 15 is 0 Å². The summed E-state index contributed by atoms with van der Waals surface area (Å²) in [7, 11) is 7.63. The first-order valence-corrected chi connectivity index (χ1v) is 8.21. The number of methoxy groups -OCH3 is 5. The maximum atomic E-state index is 13.1. The summed E-state index contributed by atoms with van der Waals surface area (Å²) < 4.78 is 26.8. The van der Waals surface area contributed by atoms with Gasteiger partial charge in [0.05, 0.1) is 45.4 Å². The maximum Gasteiger partial charge on any atom is 0.203 e. The Balaban J connectivity index is 2.21. The Morgan fingerprint density at radius 2 is 1.52 bits per heavy atom. The van der Waals surface area contributed by atoms with Crippen LogP contribution in [0.4, 0.5) is 5.69 Å². The minimum absolute atomic E-state index is 0.230. The van der Waals surface area contributed by atoms with Gasteiger partial charge in [-0.2, -0.15) is 0 Å². The van der Waals surface area contributed by atoms with Crippen LogP contribution in [-0.2, 0) is 4.74 Å². The summed E-state index contributed by atoms with van der Waals surface area (Å²) in [6, 6.07) is 8.68. The number of carbonyl (C=O) groups is 1. The number of benzene rings is 2. The molecule has 1 unspecified atom stereocenters. The molecule has 7 heteroatoms. The molecule has 2 aromatic carbocycles. The van der Waals surface area contributed by atoms with Crippen LogP contribution in [0.1, 0.15) is 15.9 Å². The molecule has 1 heterocycles. The predicted molar refractivity (Wildman–Crippen MR) is 100 cm³/mol. The van der Waals surface area contributed by atoms with Gasteiger partial charge >= 0.3 is 0 Å². The summed E-state index contributed by atoms with van der Waals surface area (Å²) in [5, 5.41) is 0. The minimum atomic E-state index is -0.863. The number of carbonyl (C=O) groups excluding carboxylic acids is 1. The molecule has 0 bridgehead atoms. The molecule has 0 amide bonds. The van der Waals surface area contributed by atoms with Crippen molar-refractivity contribution in [2.75, 3.05) is 35.5 Å². The zero-order valence-electron chi connectivity index (χ0n) is 15.9. The average Bonchev–Trinajstić information content (AvgIpc) is 2.71. The van der Waals surface area contributed by atoms with Gasteiger partial charge in [0.2, 0.25) is 5.78 Å². The molecule has 2 aromatic rings. The monoisotopic (exact) mass is 371 g/mol. The number of fused-ring (bicyclic) bond motifs is 1. The van der Waals surface area contributed by atoms with E-state index in [9.17, 15) is 4.79 Å².